The standard InChI is InChI=1S/C35H31NO2Si/c37-35(30-19-8-2-9-20-30)28-16-27-34(29-17-6-1-7-18-29)36-38-39(31-21-10-3-11-22-31,32-23-12-4-13-24-32)33-25-14-5-15-26-33/h1-15,17-26H,16,27-28H2/b36-34+. The first-order valence-corrected chi connectivity index (χ1v) is 15.2. The molecule has 39 heavy (non-hydrogen) atoms. The van der Waals surface area contributed by atoms with Crippen molar-refractivity contribution in [3.05, 3.63) is 163 Å². The Bertz CT molecular complexity index is 1390. The summed E-state index contributed by atoms with van der Waals surface area (Å²) >= 11 is 0. The molecule has 0 aliphatic heterocycles. The number of hydrogen-bond donors (Lipinski definition) is 0. The number of benzene rings is 5. The zero-order valence-electron chi connectivity index (χ0n) is 21.8. The quantitative estimate of drug-likeness (QED) is 0.0684. The van der Waals surface area contributed by atoms with E-state index in [4.69, 9.17) is 9.68 Å². The summed E-state index contributed by atoms with van der Waals surface area (Å²) in [6, 6.07) is 50.9. The van der Waals surface area contributed by atoms with Gasteiger partial charge in [0.1, 0.15) is 0 Å². The summed E-state index contributed by atoms with van der Waals surface area (Å²) in [6.45, 7) is 0. The van der Waals surface area contributed by atoms with Crippen molar-refractivity contribution in [2.75, 3.05) is 0 Å². The molecule has 0 N–H and O–H groups in total. The van der Waals surface area contributed by atoms with Crippen LogP contribution in [0.25, 0.3) is 0 Å². The molecule has 5 aromatic carbocycles. The van der Waals surface area contributed by atoms with Crippen LogP contribution in [0.2, 0.25) is 0 Å². The average Bonchev–Trinajstić information content (AvgIpc) is 3.03. The maximum Gasteiger partial charge on any atom is 0.380 e. The van der Waals surface area contributed by atoms with Crippen molar-refractivity contribution >= 4 is 35.4 Å². The van der Waals surface area contributed by atoms with Gasteiger partial charge in [-0.15, -0.1) is 5.16 Å². The lowest BCUT2D eigenvalue weighted by Crippen LogP contribution is -2.68. The molecule has 5 rings (SSSR count). The molecular formula is C35H31NO2Si. The summed E-state index contributed by atoms with van der Waals surface area (Å²) in [7, 11) is -2.99. The van der Waals surface area contributed by atoms with Gasteiger partial charge in [-0.25, -0.2) is 0 Å². The molecule has 0 radical (unpaired) electrons. The highest BCUT2D eigenvalue weighted by Gasteiger charge is 2.45. The Morgan fingerprint density at radius 1 is 0.513 bits per heavy atom. The third-order valence-electron chi connectivity index (χ3n) is 6.85. The molecule has 0 unspecified atom stereocenters. The summed E-state index contributed by atoms with van der Waals surface area (Å²) in [5, 5.41) is 8.30. The summed E-state index contributed by atoms with van der Waals surface area (Å²) in [5.41, 5.74) is 2.59. The smallest absolute Gasteiger partial charge is 0.380 e. The Morgan fingerprint density at radius 2 is 0.897 bits per heavy atom. The maximum absolute atomic E-state index is 12.8. The Labute approximate surface area is 231 Å². The van der Waals surface area contributed by atoms with E-state index < -0.39 is 8.32 Å². The van der Waals surface area contributed by atoms with Gasteiger partial charge in [0.2, 0.25) is 0 Å². The highest BCUT2D eigenvalue weighted by atomic mass is 28.4. The van der Waals surface area contributed by atoms with Gasteiger partial charge < -0.3 is 4.53 Å². The monoisotopic (exact) mass is 525 g/mol. The van der Waals surface area contributed by atoms with Crippen molar-refractivity contribution in [3.8, 4) is 0 Å². The van der Waals surface area contributed by atoms with Crippen molar-refractivity contribution in [1.82, 2.24) is 0 Å². The fraction of sp³-hybridized carbons (Fsp3) is 0.0857. The molecule has 0 spiro atoms. The number of nitrogens with zero attached hydrogens (tertiary/aromatic N) is 1. The summed E-state index contributed by atoms with van der Waals surface area (Å²) in [6.07, 6.45) is 1.77. The largest absolute Gasteiger partial charge is 0.438 e. The summed E-state index contributed by atoms with van der Waals surface area (Å²) in [5.74, 6) is 0.144. The van der Waals surface area contributed by atoms with Gasteiger partial charge in [-0.3, -0.25) is 4.79 Å². The van der Waals surface area contributed by atoms with Gasteiger partial charge in [0.15, 0.2) is 5.78 Å². The molecule has 0 fully saturated rings. The van der Waals surface area contributed by atoms with Crippen LogP contribution in [0, 0.1) is 0 Å². The van der Waals surface area contributed by atoms with E-state index in [-0.39, 0.29) is 5.78 Å². The lowest BCUT2D eigenvalue weighted by Gasteiger charge is -2.30. The highest BCUT2D eigenvalue weighted by molar-refractivity contribution is 7.07. The van der Waals surface area contributed by atoms with Gasteiger partial charge in [0.25, 0.3) is 0 Å². The normalized spacial score (nSPS) is 11.6. The molecule has 0 atom stereocenters. The Balaban J connectivity index is 1.53. The number of oxime groups is 1. The predicted octanol–water partition coefficient (Wildman–Crippen LogP) is 6.13. The molecule has 0 bridgehead atoms. The zero-order valence-corrected chi connectivity index (χ0v) is 22.8. The van der Waals surface area contributed by atoms with Crippen LogP contribution in [0.4, 0.5) is 0 Å². The molecule has 0 heterocycles. The Hall–Kier alpha value is -4.54. The Kier molecular flexibility index (Phi) is 8.57. The molecule has 5 aromatic rings. The van der Waals surface area contributed by atoms with Gasteiger partial charge >= 0.3 is 8.32 Å². The Morgan fingerprint density at radius 3 is 1.33 bits per heavy atom. The first-order chi connectivity index (χ1) is 19.3. The predicted molar refractivity (Wildman–Crippen MR) is 163 cm³/mol. The van der Waals surface area contributed by atoms with E-state index in [1.165, 1.54) is 0 Å². The van der Waals surface area contributed by atoms with E-state index in [2.05, 4.69) is 84.9 Å². The van der Waals surface area contributed by atoms with Gasteiger partial charge in [-0.05, 0) is 34.0 Å². The highest BCUT2D eigenvalue weighted by Crippen LogP contribution is 2.15. The molecule has 4 heteroatoms. The number of ketones is 1. The van der Waals surface area contributed by atoms with E-state index in [9.17, 15) is 4.79 Å². The fourth-order valence-corrected chi connectivity index (χ4v) is 8.41. The van der Waals surface area contributed by atoms with Crippen molar-refractivity contribution in [3.63, 3.8) is 0 Å². The van der Waals surface area contributed by atoms with E-state index >= 15 is 0 Å². The van der Waals surface area contributed by atoms with Crippen LogP contribution >= 0.6 is 0 Å². The molecular weight excluding hydrogens is 494 g/mol. The average molecular weight is 526 g/mol. The number of Topliss-reactive ketones (excluding diaryl/α,β-unsaturated/α-hetero) is 1. The molecule has 0 amide bonds. The molecule has 0 saturated heterocycles. The van der Waals surface area contributed by atoms with Crippen LogP contribution in [-0.2, 0) is 4.53 Å². The third-order valence-corrected chi connectivity index (χ3v) is 10.7. The van der Waals surface area contributed by atoms with Crippen molar-refractivity contribution < 1.29 is 9.32 Å². The van der Waals surface area contributed by atoms with Gasteiger partial charge in [-0.2, -0.15) is 0 Å². The van der Waals surface area contributed by atoms with Crippen molar-refractivity contribution in [2.45, 2.75) is 19.3 Å². The minimum Gasteiger partial charge on any atom is -0.438 e. The second-order valence-electron chi connectivity index (χ2n) is 9.42. The maximum atomic E-state index is 12.8. The van der Waals surface area contributed by atoms with Gasteiger partial charge in [-0.1, -0.05) is 152 Å². The van der Waals surface area contributed by atoms with Crippen LogP contribution in [0.1, 0.15) is 35.2 Å². The fourth-order valence-electron chi connectivity index (χ4n) is 4.86. The molecule has 192 valence electrons. The topological polar surface area (TPSA) is 38.7 Å². The van der Waals surface area contributed by atoms with E-state index in [0.717, 1.165) is 32.4 Å². The molecule has 0 aliphatic carbocycles. The van der Waals surface area contributed by atoms with E-state index in [1.54, 1.807) is 0 Å². The molecule has 0 saturated carbocycles. The number of rotatable bonds is 11. The molecule has 0 aliphatic rings. The number of carbonyl (C=O) groups excluding carboxylic acids is 1. The number of carbonyl (C=O) groups is 1. The second kappa shape index (κ2) is 12.8. The van der Waals surface area contributed by atoms with E-state index in [1.807, 2.05) is 66.7 Å². The first-order valence-electron chi connectivity index (χ1n) is 13.3. The minimum atomic E-state index is -2.99. The van der Waals surface area contributed by atoms with Crippen LogP contribution in [0.15, 0.2) is 157 Å². The minimum absolute atomic E-state index is 0.144. The third kappa shape index (κ3) is 6.14. The van der Waals surface area contributed by atoms with Crippen LogP contribution in [0.3, 0.4) is 0 Å². The van der Waals surface area contributed by atoms with Crippen molar-refractivity contribution in [1.29, 1.82) is 0 Å². The number of hydrogen-bond acceptors (Lipinski definition) is 3. The molecule has 0 aromatic heterocycles. The van der Waals surface area contributed by atoms with Crippen LogP contribution in [-0.4, -0.2) is 19.8 Å². The first kappa shape index (κ1) is 26.1. The second-order valence-corrected chi connectivity index (χ2v) is 12.7. The van der Waals surface area contributed by atoms with E-state index in [0.29, 0.717) is 19.3 Å². The van der Waals surface area contributed by atoms with Crippen LogP contribution < -0.4 is 15.6 Å². The van der Waals surface area contributed by atoms with Crippen molar-refractivity contribution in [2.24, 2.45) is 5.16 Å². The van der Waals surface area contributed by atoms with Crippen LogP contribution in [0.5, 0.6) is 0 Å². The van der Waals surface area contributed by atoms with Gasteiger partial charge in [0, 0.05) is 12.0 Å². The van der Waals surface area contributed by atoms with Gasteiger partial charge in [0.05, 0.1) is 5.71 Å². The summed E-state index contributed by atoms with van der Waals surface area (Å²) in [4.78, 5) is 12.8. The lowest BCUT2D eigenvalue weighted by molar-refractivity contribution is 0.0980. The lowest BCUT2D eigenvalue weighted by atomic mass is 10.0. The zero-order chi connectivity index (χ0) is 26.8. The summed E-state index contributed by atoms with van der Waals surface area (Å²) < 4.78 is 6.89. The molecule has 3 nitrogen and oxygen atoms in total. The SMILES string of the molecule is O=C(CCC/C(=N\O[Si](c1ccccc1)(c1ccccc1)c1ccccc1)c1ccccc1)c1ccccc1.